The maximum Gasteiger partial charge on any atom is 0.0629 e. The predicted molar refractivity (Wildman–Crippen MR) is 210 cm³/mol. The van der Waals surface area contributed by atoms with E-state index < -0.39 is 6.04 Å². The molecule has 0 amide bonds. The molecule has 49 heavy (non-hydrogen) atoms. The van der Waals surface area contributed by atoms with Gasteiger partial charge in [-0.25, -0.2) is 0 Å². The van der Waals surface area contributed by atoms with Crippen LogP contribution >= 0.6 is 0 Å². The maximum absolute atomic E-state index is 9.14. The van der Waals surface area contributed by atoms with E-state index in [1.165, 1.54) is 0 Å². The van der Waals surface area contributed by atoms with Gasteiger partial charge in [0, 0.05) is 16.9 Å². The third-order valence-corrected chi connectivity index (χ3v) is 9.31. The fraction of sp³-hybridized carbons (Fsp3) is 0. The van der Waals surface area contributed by atoms with Crippen LogP contribution in [0.25, 0.3) is 65.7 Å². The summed E-state index contributed by atoms with van der Waals surface area (Å²) in [6.07, 6.45) is 0. The summed E-state index contributed by atoms with van der Waals surface area (Å²) in [7, 11) is 0. The van der Waals surface area contributed by atoms with Crippen molar-refractivity contribution in [2.75, 3.05) is 4.90 Å². The van der Waals surface area contributed by atoms with Crippen molar-refractivity contribution in [3.63, 3.8) is 0 Å². The van der Waals surface area contributed by atoms with E-state index >= 15 is 0 Å². The van der Waals surface area contributed by atoms with Crippen LogP contribution in [0, 0.1) is 0 Å². The van der Waals surface area contributed by atoms with E-state index in [9.17, 15) is 0 Å². The zero-order chi connectivity index (χ0) is 36.9. The molecule has 0 aliphatic carbocycles. The first-order chi connectivity index (χ1) is 26.4. The molecule has 0 unspecified atom stereocenters. The molecule has 9 aromatic rings. The summed E-state index contributed by atoms with van der Waals surface area (Å²) < 4.78 is 44.0. The number of nitrogens with zero attached hydrogens (tertiary/aromatic N) is 1. The van der Waals surface area contributed by atoms with Crippen LogP contribution in [0.2, 0.25) is 0 Å². The number of rotatable bonds is 6. The lowest BCUT2D eigenvalue weighted by molar-refractivity contribution is 1.29. The third-order valence-electron chi connectivity index (χ3n) is 9.31. The highest BCUT2D eigenvalue weighted by atomic mass is 15.1. The second-order valence-corrected chi connectivity index (χ2v) is 12.2. The quantitative estimate of drug-likeness (QED) is 0.166. The first-order valence-corrected chi connectivity index (χ1v) is 16.4. The Hall–Kier alpha value is -6.44. The summed E-state index contributed by atoms with van der Waals surface area (Å²) in [6, 6.07) is 56.5. The number of hydrogen-bond acceptors (Lipinski definition) is 1. The van der Waals surface area contributed by atoms with Crippen LogP contribution in [-0.2, 0) is 0 Å². The molecule has 9 rings (SSSR count). The molecule has 0 aromatic heterocycles. The van der Waals surface area contributed by atoms with E-state index in [0.717, 1.165) is 71.6 Å². The Morgan fingerprint density at radius 2 is 1.00 bits per heavy atom. The van der Waals surface area contributed by atoms with Gasteiger partial charge < -0.3 is 4.90 Å². The molecule has 0 bridgehead atoms. The Bertz CT molecular complexity index is 2860. The molecule has 0 N–H and O–H groups in total. The van der Waals surface area contributed by atoms with Crippen LogP contribution < -0.4 is 4.90 Å². The minimum atomic E-state index is -0.418. The normalized spacial score (nSPS) is 12.7. The van der Waals surface area contributed by atoms with Gasteiger partial charge in [-0.05, 0) is 96.5 Å². The van der Waals surface area contributed by atoms with Crippen molar-refractivity contribution in [3.05, 3.63) is 200 Å². The van der Waals surface area contributed by atoms with E-state index in [2.05, 4.69) is 108 Å². The molecule has 1 nitrogen and oxygen atoms in total. The van der Waals surface area contributed by atoms with Gasteiger partial charge in [0.15, 0.2) is 0 Å². The van der Waals surface area contributed by atoms with Crippen molar-refractivity contribution in [2.45, 2.75) is 0 Å². The summed E-state index contributed by atoms with van der Waals surface area (Å²) in [5.74, 6) is 0. The standard InChI is InChI=1S/C48H33N/c1-3-14-34(15-4-1)36-26-29-40(30-27-36)49(41-31-28-35-16-7-8-19-38(35)32-41)47-25-13-24-43(37-17-5-2-6-18-37)48(47)46-33-39-20-9-10-21-42(39)44-22-11-12-23-45(44)46/h1-33H/i2D,5D,6D,17D,18D. The smallest absolute Gasteiger partial charge is 0.0629 e. The molecule has 0 atom stereocenters. The average molecular weight is 629 g/mol. The van der Waals surface area contributed by atoms with Crippen molar-refractivity contribution in [3.8, 4) is 33.4 Å². The first kappa shape index (κ1) is 23.8. The van der Waals surface area contributed by atoms with E-state index in [1.54, 1.807) is 0 Å². The van der Waals surface area contributed by atoms with Gasteiger partial charge in [0.2, 0.25) is 0 Å². The lowest BCUT2D eigenvalue weighted by Crippen LogP contribution is -2.12. The topological polar surface area (TPSA) is 3.24 Å². The predicted octanol–water partition coefficient (Wildman–Crippen LogP) is 13.6. The lowest BCUT2D eigenvalue weighted by Gasteiger charge is -2.30. The molecular weight excluding hydrogens is 591 g/mol. The number of hydrogen-bond donors (Lipinski definition) is 0. The molecule has 9 aromatic carbocycles. The molecule has 0 spiro atoms. The monoisotopic (exact) mass is 628 g/mol. The van der Waals surface area contributed by atoms with Gasteiger partial charge >= 0.3 is 0 Å². The summed E-state index contributed by atoms with van der Waals surface area (Å²) in [6.45, 7) is 0. The van der Waals surface area contributed by atoms with Crippen LogP contribution in [0.1, 0.15) is 6.85 Å². The summed E-state index contributed by atoms with van der Waals surface area (Å²) in [4.78, 5) is 2.22. The minimum absolute atomic E-state index is 0.160. The van der Waals surface area contributed by atoms with Crippen molar-refractivity contribution < 1.29 is 6.85 Å². The summed E-state index contributed by atoms with van der Waals surface area (Å²) in [5.41, 5.74) is 7.22. The number of benzene rings is 9. The highest BCUT2D eigenvalue weighted by Crippen LogP contribution is 2.48. The Kier molecular flexibility index (Phi) is 5.98. The molecule has 1 heteroatoms. The van der Waals surface area contributed by atoms with E-state index in [1.807, 2.05) is 66.7 Å². The van der Waals surface area contributed by atoms with E-state index in [4.69, 9.17) is 6.85 Å². The summed E-state index contributed by atoms with van der Waals surface area (Å²) in [5, 5.41) is 6.42. The van der Waals surface area contributed by atoms with Gasteiger partial charge in [0.1, 0.15) is 0 Å². The number of anilines is 3. The maximum atomic E-state index is 9.14. The average Bonchev–Trinajstić information content (AvgIpc) is 3.23. The van der Waals surface area contributed by atoms with Crippen LogP contribution in [0.15, 0.2) is 200 Å². The van der Waals surface area contributed by atoms with E-state index in [0.29, 0.717) is 5.56 Å². The zero-order valence-electron chi connectivity index (χ0n) is 31.6. The van der Waals surface area contributed by atoms with Crippen molar-refractivity contribution in [1.29, 1.82) is 0 Å². The van der Waals surface area contributed by atoms with Gasteiger partial charge in [0.05, 0.1) is 12.5 Å². The molecule has 0 aliphatic heterocycles. The fourth-order valence-electron chi connectivity index (χ4n) is 7.04. The highest BCUT2D eigenvalue weighted by molar-refractivity contribution is 6.16. The highest BCUT2D eigenvalue weighted by Gasteiger charge is 2.23. The van der Waals surface area contributed by atoms with Crippen molar-refractivity contribution in [1.82, 2.24) is 0 Å². The Labute approximate surface area is 294 Å². The molecule has 0 saturated carbocycles. The molecule has 0 radical (unpaired) electrons. The molecule has 0 heterocycles. The first-order valence-electron chi connectivity index (χ1n) is 18.9. The van der Waals surface area contributed by atoms with Crippen molar-refractivity contribution >= 4 is 49.4 Å². The Morgan fingerprint density at radius 1 is 0.367 bits per heavy atom. The molecule has 0 saturated heterocycles. The van der Waals surface area contributed by atoms with Crippen LogP contribution in [0.5, 0.6) is 0 Å². The third kappa shape index (κ3) is 5.23. The van der Waals surface area contributed by atoms with Gasteiger partial charge in [0.25, 0.3) is 0 Å². The fourth-order valence-corrected chi connectivity index (χ4v) is 7.04. The van der Waals surface area contributed by atoms with Gasteiger partial charge in [-0.1, -0.05) is 164 Å². The summed E-state index contributed by atoms with van der Waals surface area (Å²) >= 11 is 0. The van der Waals surface area contributed by atoms with E-state index in [-0.39, 0.29) is 29.7 Å². The Balaban J connectivity index is 1.41. The lowest BCUT2D eigenvalue weighted by atomic mass is 9.87. The number of fused-ring (bicyclic) bond motifs is 4. The zero-order valence-corrected chi connectivity index (χ0v) is 26.6. The molecular formula is C48H33N. The Morgan fingerprint density at radius 3 is 1.80 bits per heavy atom. The van der Waals surface area contributed by atoms with Gasteiger partial charge in [-0.3, -0.25) is 0 Å². The second-order valence-electron chi connectivity index (χ2n) is 12.2. The van der Waals surface area contributed by atoms with Gasteiger partial charge in [-0.2, -0.15) is 0 Å². The molecule has 0 aliphatic rings. The molecule has 230 valence electrons. The molecule has 0 fully saturated rings. The van der Waals surface area contributed by atoms with Crippen LogP contribution in [0.4, 0.5) is 17.1 Å². The van der Waals surface area contributed by atoms with Crippen molar-refractivity contribution in [2.24, 2.45) is 0 Å². The van der Waals surface area contributed by atoms with Crippen LogP contribution in [-0.4, -0.2) is 0 Å². The van der Waals surface area contributed by atoms with Crippen LogP contribution in [0.3, 0.4) is 0 Å². The second kappa shape index (κ2) is 12.3. The largest absolute Gasteiger partial charge is 0.310 e. The SMILES string of the molecule is [2H]c1c([2H])c([2H])c(-c2cccc(N(c3ccc(-c4ccccc4)cc3)c3ccc4ccccc4c3)c2-c2cc3ccccc3c3ccccc23)c([2H])c1[2H]. The minimum Gasteiger partial charge on any atom is -0.310 e. The van der Waals surface area contributed by atoms with Gasteiger partial charge in [-0.15, -0.1) is 0 Å².